The Bertz CT molecular complexity index is 8320. The van der Waals surface area contributed by atoms with Gasteiger partial charge in [0, 0.05) is 100 Å². The second-order valence-electron chi connectivity index (χ2n) is 34.9. The van der Waals surface area contributed by atoms with Gasteiger partial charge in [0.15, 0.2) is 0 Å². The molecule has 17 aromatic carbocycles. The largest absolute Gasteiger partial charge is 0.311 e. The van der Waals surface area contributed by atoms with Crippen molar-refractivity contribution < 1.29 is 23.3 Å². The molecule has 0 saturated carbocycles. The van der Waals surface area contributed by atoms with Crippen LogP contribution in [0.4, 0.5) is 51.2 Å². The topological polar surface area (TPSA) is 24.5 Å². The molecule has 0 spiro atoms. The van der Waals surface area contributed by atoms with Crippen LogP contribution in [0.5, 0.6) is 0 Å². The second kappa shape index (κ2) is 28.2. The summed E-state index contributed by atoms with van der Waals surface area (Å²) in [5, 5.41) is 2.44. The Balaban J connectivity index is 0.940. The van der Waals surface area contributed by atoms with E-state index in [0.29, 0.717) is 45.0 Å². The Morgan fingerprint density at radius 2 is 0.645 bits per heavy atom. The van der Waals surface area contributed by atoms with Crippen molar-refractivity contribution in [1.82, 2.24) is 13.7 Å². The third-order valence-electron chi connectivity index (χ3n) is 24.5. The van der Waals surface area contributed by atoms with Crippen molar-refractivity contribution in [3.05, 3.63) is 405 Å². The fourth-order valence-corrected chi connectivity index (χ4v) is 18.6. The van der Waals surface area contributed by atoms with Gasteiger partial charge in [0.1, 0.15) is 0 Å². The van der Waals surface area contributed by atoms with Gasteiger partial charge in [0.25, 0.3) is 6.71 Å². The first-order valence-corrected chi connectivity index (χ1v) is 41.2. The van der Waals surface area contributed by atoms with E-state index in [4.69, 9.17) is 4.11 Å². The number of benzene rings is 17. The first kappa shape index (κ1) is 56.9. The van der Waals surface area contributed by atoms with Crippen LogP contribution in [0.25, 0.3) is 127 Å². The highest BCUT2D eigenvalue weighted by Gasteiger charge is 2.46. The van der Waals surface area contributed by atoms with E-state index in [0.717, 1.165) is 128 Å². The summed E-state index contributed by atoms with van der Waals surface area (Å²) in [5.41, 5.74) is 20.5. The highest BCUT2D eigenvalue weighted by atomic mass is 15.2. The average Bonchev–Trinajstić information content (AvgIpc) is 1.05. The van der Waals surface area contributed by atoms with Crippen LogP contribution in [0.1, 0.15) is 102 Å². The summed E-state index contributed by atoms with van der Waals surface area (Å²) >= 11 is 0. The molecule has 2 aliphatic heterocycles. The second-order valence-corrected chi connectivity index (χ2v) is 34.9. The van der Waals surface area contributed by atoms with E-state index >= 15 is 0 Å². The van der Waals surface area contributed by atoms with Crippen LogP contribution in [-0.4, -0.2) is 20.4 Å². The summed E-state index contributed by atoms with van der Waals surface area (Å²) in [6.45, 7) is 19.3. The van der Waals surface area contributed by atoms with Crippen LogP contribution in [-0.2, 0) is 16.2 Å². The molecule has 6 nitrogen and oxygen atoms in total. The van der Waals surface area contributed by atoms with Crippen molar-refractivity contribution in [3.8, 4) is 61.6 Å². The fraction of sp³-hybridized carbons (Fsp3) is 0.105. The number of hydrogen-bond acceptors (Lipinski definition) is 3. The lowest BCUT2D eigenvalue weighted by atomic mass is 9.33. The van der Waals surface area contributed by atoms with E-state index < -0.39 is 103 Å². The van der Waals surface area contributed by atoms with Gasteiger partial charge in [-0.2, -0.15) is 0 Å². The van der Waals surface area contributed by atoms with Crippen LogP contribution in [0.3, 0.4) is 0 Å². The zero-order chi connectivity index (χ0) is 96.5. The first-order valence-electron chi connectivity index (χ1n) is 49.7. The number of hydrogen-bond donors (Lipinski definition) is 0. The molecule has 20 aromatic rings. The highest BCUT2D eigenvalue weighted by Crippen LogP contribution is 2.55. The number of rotatable bonds is 12. The van der Waals surface area contributed by atoms with Crippen LogP contribution < -0.4 is 31.1 Å². The zero-order valence-electron chi connectivity index (χ0n) is 85.4. The number of fused-ring (bicyclic) bond motifs is 13. The lowest BCUT2D eigenvalue weighted by molar-refractivity contribution is 0.590. The van der Waals surface area contributed by atoms with Crippen molar-refractivity contribution in [2.45, 2.75) is 78.6 Å². The van der Waals surface area contributed by atoms with Gasteiger partial charge in [-0.05, 0) is 234 Å². The molecule has 3 aromatic heterocycles. The van der Waals surface area contributed by atoms with Crippen molar-refractivity contribution >= 4 is 140 Å². The van der Waals surface area contributed by atoms with Gasteiger partial charge >= 0.3 is 0 Å². The lowest BCUT2D eigenvalue weighted by Crippen LogP contribution is -2.61. The zero-order valence-corrected chi connectivity index (χ0v) is 68.4. The molecule has 121 heavy (non-hydrogen) atoms. The predicted octanol–water partition coefficient (Wildman–Crippen LogP) is 29.1. The molecule has 22 rings (SSSR count). The molecule has 5 heterocycles. The van der Waals surface area contributed by atoms with Crippen LogP contribution in [0.15, 0.2) is 388 Å². The van der Waals surface area contributed by atoms with E-state index in [9.17, 15) is 19.2 Å². The maximum absolute atomic E-state index is 10.3. The van der Waals surface area contributed by atoms with E-state index in [2.05, 4.69) is 222 Å². The van der Waals surface area contributed by atoms with Crippen LogP contribution >= 0.6 is 0 Å². The minimum atomic E-state index is -0.789. The van der Waals surface area contributed by atoms with Crippen molar-refractivity contribution in [2.24, 2.45) is 0 Å². The lowest BCUT2D eigenvalue weighted by Gasteiger charge is -2.45. The maximum atomic E-state index is 10.3. The van der Waals surface area contributed by atoms with E-state index in [-0.39, 0.29) is 61.3 Å². The van der Waals surface area contributed by atoms with Gasteiger partial charge < -0.3 is 28.4 Å². The molecule has 0 amide bonds. The minimum Gasteiger partial charge on any atom is -0.311 e. The third-order valence-corrected chi connectivity index (χ3v) is 24.5. The Hall–Kier alpha value is -14.4. The summed E-state index contributed by atoms with van der Waals surface area (Å²) in [4.78, 5) is 6.32. The van der Waals surface area contributed by atoms with Gasteiger partial charge in [-0.3, -0.25) is 0 Å². The van der Waals surface area contributed by atoms with Crippen molar-refractivity contribution in [1.29, 1.82) is 0 Å². The van der Waals surface area contributed by atoms with E-state index in [1.165, 1.54) is 0 Å². The van der Waals surface area contributed by atoms with Gasteiger partial charge in [-0.1, -0.05) is 299 Å². The summed E-state index contributed by atoms with van der Waals surface area (Å²) in [6, 6.07) is 89.0. The first-order chi connectivity index (χ1) is 66.0. The van der Waals surface area contributed by atoms with Gasteiger partial charge in [-0.25, -0.2) is 0 Å². The number of aromatic nitrogens is 3. The molecule has 2 aliphatic rings. The fourth-order valence-electron chi connectivity index (χ4n) is 18.6. The summed E-state index contributed by atoms with van der Waals surface area (Å²) in [6.07, 6.45) is 0. The smallest absolute Gasteiger partial charge is 0.252 e. The van der Waals surface area contributed by atoms with Crippen LogP contribution in [0, 0.1) is 0 Å². The average molecular weight is 1570 g/mol. The molecule has 0 radical (unpaired) electrons. The quantitative estimate of drug-likeness (QED) is 0.114. The molecular weight excluding hydrogens is 1460 g/mol. The molecular formula is C114H91BN6. The highest BCUT2D eigenvalue weighted by molar-refractivity contribution is 7.00. The molecule has 0 bridgehead atoms. The Morgan fingerprint density at radius 3 is 1.12 bits per heavy atom. The maximum Gasteiger partial charge on any atom is 0.252 e. The molecule has 580 valence electrons. The van der Waals surface area contributed by atoms with Crippen LogP contribution in [0.2, 0.25) is 0 Å². The van der Waals surface area contributed by atoms with Gasteiger partial charge in [0.2, 0.25) is 0 Å². The molecule has 0 N–H and O–H groups in total. The van der Waals surface area contributed by atoms with Crippen molar-refractivity contribution in [2.75, 3.05) is 14.7 Å². The summed E-state index contributed by atoms with van der Waals surface area (Å²) in [5.74, 6) is 0. The van der Waals surface area contributed by atoms with Crippen molar-refractivity contribution in [3.63, 3.8) is 0 Å². The molecule has 7 heteroatoms. The third kappa shape index (κ3) is 12.1. The molecule has 0 fully saturated rings. The Kier molecular flexibility index (Phi) is 13.2. The number of para-hydroxylation sites is 5. The standard InChI is InChI=1S/C114H91BN6/c1-112(2,3)80-52-59-103-95(65-80)96-66-81(113(4,5)6)53-60-104(96)119(103)89-72-108-110-109(73-89)121(111-93(76-38-20-12-21-39-76)67-82(114(7,8)9)68-94(111)77-40-22-13-23-41-77)107-71-87(117-100-49-31-28-46-90(100)91-47-29-32-50-101(91)117)55-58-99(107)115(110)98-57-54-86(70-106(98)120(108)88-63-78(74-34-16-10-17-35-74)62-79(64-88)75-36-18-11-19-37-75)118-102-51-33-30-48-92(102)97-69-85(56-61-105(97)118)116(83-42-24-14-25-43-83)84-44-26-15-27-45-84/h10-73H,1-9H3/i14D,24D,25D,28D,29D,30D,31D,32D,33D,42D,43D,46D,47D,48D,49D,50D,51D. The minimum absolute atomic E-state index is 0.0529. The molecule has 0 aliphatic carbocycles. The van der Waals surface area contributed by atoms with E-state index in [1.807, 2.05) is 108 Å². The molecule has 0 unspecified atom stereocenters. The monoisotopic (exact) mass is 1570 g/mol. The SMILES string of the molecule is [2H]c1c([2H])c([2H])c(N(c2ccccc2)c2ccc3c(c2)c2c([2H])c([2H])c([2H])c([2H])c2n3-c2ccc3c(c2)N(c2cc(-c4ccccc4)cc(-c4ccccc4)c2)c2cc(-n4c5ccc(C(C)(C)C)cc5c5cc(C(C)(C)C)ccc54)cc4c2B3c2ccc(-n3c5c([2H])c([2H])c([2H])c([2H])c5c5c([2H])c([2H])c([2H])c([2H])c53)cc2N4c2c(-c3ccccc3)cc(C(C)(C)C)cc2-c2ccccc2)c([2H])c1[2H]. The number of anilines is 9. The van der Waals surface area contributed by atoms with E-state index in [1.54, 1.807) is 45.9 Å². The normalized spacial score (nSPS) is 14.8. The van der Waals surface area contributed by atoms with Gasteiger partial charge in [-0.15, -0.1) is 0 Å². The number of nitrogens with zero attached hydrogens (tertiary/aromatic N) is 6. The predicted molar refractivity (Wildman–Crippen MR) is 516 cm³/mol. The Labute approximate surface area is 732 Å². The summed E-state index contributed by atoms with van der Waals surface area (Å²) in [7, 11) is 0. The molecule has 0 saturated heterocycles. The summed E-state index contributed by atoms with van der Waals surface area (Å²) < 4.78 is 168. The van der Waals surface area contributed by atoms with Gasteiger partial charge in [0.05, 0.1) is 67.8 Å². The molecule has 0 atom stereocenters. The Morgan fingerprint density at radius 1 is 0.256 bits per heavy atom.